The van der Waals surface area contributed by atoms with Gasteiger partial charge in [0.1, 0.15) is 0 Å². The first-order chi connectivity index (χ1) is 15.0. The largest absolute Gasteiger partial charge is 0.350 e. The van der Waals surface area contributed by atoms with Crippen molar-refractivity contribution < 1.29 is 9.59 Å². The molecule has 4 aliphatic rings. The summed E-state index contributed by atoms with van der Waals surface area (Å²) in [5, 5.41) is 6.38. The number of nitrogens with one attached hydrogen (secondary N) is 2. The van der Waals surface area contributed by atoms with Crippen LogP contribution in [0.2, 0.25) is 4.34 Å². The summed E-state index contributed by atoms with van der Waals surface area (Å²) in [6.07, 6.45) is 7.56. The second-order valence-electron chi connectivity index (χ2n) is 9.42. The lowest BCUT2D eigenvalue weighted by Crippen LogP contribution is -2.60. The van der Waals surface area contributed by atoms with Gasteiger partial charge < -0.3 is 10.6 Å². The third-order valence-electron chi connectivity index (χ3n) is 6.99. The number of carbonyl (C=O) groups is 2. The van der Waals surface area contributed by atoms with E-state index in [1.807, 2.05) is 36.4 Å². The summed E-state index contributed by atoms with van der Waals surface area (Å²) in [6, 6.07) is 11.3. The molecule has 0 aliphatic heterocycles. The van der Waals surface area contributed by atoms with Crippen LogP contribution in [-0.2, 0) is 11.3 Å². The maximum Gasteiger partial charge on any atom is 0.252 e. The summed E-state index contributed by atoms with van der Waals surface area (Å²) in [4.78, 5) is 27.4. The molecule has 0 radical (unpaired) electrons. The summed E-state index contributed by atoms with van der Waals surface area (Å²) in [5.74, 6) is 2.72. The molecule has 0 spiro atoms. The molecule has 4 aliphatic carbocycles. The predicted octanol–water partition coefficient (Wildman–Crippen LogP) is 5.51. The van der Waals surface area contributed by atoms with Crippen molar-refractivity contribution in [3.63, 3.8) is 0 Å². The standard InChI is InChI=1S/C24H27ClN2O2S2/c25-21-6-5-18(31-21)13-26-23(29)19-3-1-2-4-20(19)30-14-22(28)27-24-10-15-7-16(11-24)9-17(8-15)12-24/h1-6,15-17H,7-14H2,(H,26,29)(H,27,28). The number of thiophene rings is 1. The average molecular weight is 475 g/mol. The molecular weight excluding hydrogens is 448 g/mol. The van der Waals surface area contributed by atoms with E-state index in [-0.39, 0.29) is 17.4 Å². The van der Waals surface area contributed by atoms with Gasteiger partial charge in [-0.25, -0.2) is 0 Å². The summed E-state index contributed by atoms with van der Waals surface area (Å²) in [6.45, 7) is 0.446. The minimum Gasteiger partial charge on any atom is -0.350 e. The number of thioether (sulfide) groups is 1. The third kappa shape index (κ3) is 4.81. The molecule has 4 fully saturated rings. The normalized spacial score (nSPS) is 28.5. The van der Waals surface area contributed by atoms with E-state index in [9.17, 15) is 9.59 Å². The molecule has 4 nitrogen and oxygen atoms in total. The Morgan fingerprint density at radius 3 is 2.35 bits per heavy atom. The molecule has 7 heteroatoms. The Morgan fingerprint density at radius 1 is 1.03 bits per heavy atom. The zero-order valence-electron chi connectivity index (χ0n) is 17.4. The van der Waals surface area contributed by atoms with Gasteiger partial charge in [-0.05, 0) is 80.5 Å². The molecule has 2 N–H and O–H groups in total. The topological polar surface area (TPSA) is 58.2 Å². The fourth-order valence-electron chi connectivity index (χ4n) is 6.23. The van der Waals surface area contributed by atoms with Crippen molar-refractivity contribution in [2.75, 3.05) is 5.75 Å². The Balaban J connectivity index is 1.18. The average Bonchev–Trinajstić information content (AvgIpc) is 3.14. The monoisotopic (exact) mass is 474 g/mol. The zero-order chi connectivity index (χ0) is 21.4. The van der Waals surface area contributed by atoms with Crippen LogP contribution >= 0.6 is 34.7 Å². The van der Waals surface area contributed by atoms with E-state index < -0.39 is 0 Å². The Kier molecular flexibility index (Phi) is 6.06. The highest BCUT2D eigenvalue weighted by atomic mass is 35.5. The Labute approximate surface area is 196 Å². The van der Waals surface area contributed by atoms with Crippen LogP contribution in [0.15, 0.2) is 41.3 Å². The van der Waals surface area contributed by atoms with E-state index in [2.05, 4.69) is 10.6 Å². The van der Waals surface area contributed by atoms with E-state index >= 15 is 0 Å². The van der Waals surface area contributed by atoms with E-state index in [1.165, 1.54) is 42.4 Å². The second kappa shape index (κ2) is 8.80. The minimum atomic E-state index is -0.130. The van der Waals surface area contributed by atoms with Gasteiger partial charge in [0.2, 0.25) is 5.91 Å². The maximum atomic E-state index is 12.9. The molecular formula is C24H27ClN2O2S2. The third-order valence-corrected chi connectivity index (χ3v) is 9.29. The minimum absolute atomic E-state index is 0.0330. The Morgan fingerprint density at radius 2 is 1.71 bits per heavy atom. The van der Waals surface area contributed by atoms with Crippen molar-refractivity contribution in [2.45, 2.75) is 55.5 Å². The molecule has 0 saturated heterocycles. The first-order valence-corrected chi connectivity index (χ1v) is 13.2. The van der Waals surface area contributed by atoms with Gasteiger partial charge in [-0.15, -0.1) is 23.1 Å². The predicted molar refractivity (Wildman–Crippen MR) is 127 cm³/mol. The number of carbonyl (C=O) groups excluding carboxylic acids is 2. The van der Waals surface area contributed by atoms with Gasteiger partial charge in [0.15, 0.2) is 0 Å². The van der Waals surface area contributed by atoms with Crippen molar-refractivity contribution in [1.82, 2.24) is 10.6 Å². The van der Waals surface area contributed by atoms with Crippen LogP contribution in [0, 0.1) is 17.8 Å². The lowest BCUT2D eigenvalue weighted by Gasteiger charge is -2.56. The van der Waals surface area contributed by atoms with E-state index in [4.69, 9.17) is 11.6 Å². The van der Waals surface area contributed by atoms with Gasteiger partial charge in [-0.2, -0.15) is 0 Å². The van der Waals surface area contributed by atoms with Crippen LogP contribution in [0.25, 0.3) is 0 Å². The van der Waals surface area contributed by atoms with Gasteiger partial charge in [0.25, 0.3) is 5.91 Å². The first-order valence-electron chi connectivity index (χ1n) is 11.0. The van der Waals surface area contributed by atoms with Crippen molar-refractivity contribution in [3.05, 3.63) is 51.2 Å². The van der Waals surface area contributed by atoms with Crippen LogP contribution in [0.3, 0.4) is 0 Å². The second-order valence-corrected chi connectivity index (χ2v) is 12.2. The fraction of sp³-hybridized carbons (Fsp3) is 0.500. The molecule has 1 aromatic heterocycles. The van der Waals surface area contributed by atoms with Crippen molar-refractivity contribution in [2.24, 2.45) is 17.8 Å². The summed E-state index contributed by atoms with van der Waals surface area (Å²) >= 11 is 8.87. The van der Waals surface area contributed by atoms with Crippen LogP contribution in [0.4, 0.5) is 0 Å². The van der Waals surface area contributed by atoms with Crippen molar-refractivity contribution >= 4 is 46.5 Å². The molecule has 6 rings (SSSR count). The summed E-state index contributed by atoms with van der Waals surface area (Å²) < 4.78 is 0.713. The SMILES string of the molecule is O=C(CSc1ccccc1C(=O)NCc1ccc(Cl)s1)NC12CC3CC(CC(C3)C1)C2. The molecule has 2 aromatic rings. The van der Waals surface area contributed by atoms with Crippen LogP contribution in [0.1, 0.15) is 53.8 Å². The van der Waals surface area contributed by atoms with Gasteiger partial charge in [0, 0.05) is 15.3 Å². The van der Waals surface area contributed by atoms with Crippen LogP contribution in [0.5, 0.6) is 0 Å². The number of amides is 2. The highest BCUT2D eigenvalue weighted by Gasteiger charge is 2.51. The molecule has 1 heterocycles. The lowest BCUT2D eigenvalue weighted by atomic mass is 9.53. The highest BCUT2D eigenvalue weighted by molar-refractivity contribution is 8.00. The van der Waals surface area contributed by atoms with Gasteiger partial charge in [-0.1, -0.05) is 23.7 Å². The van der Waals surface area contributed by atoms with Gasteiger partial charge in [-0.3, -0.25) is 9.59 Å². The number of halogens is 1. The number of benzene rings is 1. The number of hydrogen-bond donors (Lipinski definition) is 2. The fourth-order valence-corrected chi connectivity index (χ4v) is 8.11. The van der Waals surface area contributed by atoms with Crippen molar-refractivity contribution in [1.29, 1.82) is 0 Å². The quantitative estimate of drug-likeness (QED) is 0.520. The lowest BCUT2D eigenvalue weighted by molar-refractivity contribution is -0.124. The molecule has 4 bridgehead atoms. The number of hydrogen-bond acceptors (Lipinski definition) is 4. The molecule has 4 saturated carbocycles. The molecule has 2 amide bonds. The maximum absolute atomic E-state index is 12.9. The smallest absolute Gasteiger partial charge is 0.252 e. The zero-order valence-corrected chi connectivity index (χ0v) is 19.8. The summed E-state index contributed by atoms with van der Waals surface area (Å²) in [7, 11) is 0. The van der Waals surface area contributed by atoms with Crippen LogP contribution < -0.4 is 10.6 Å². The molecule has 31 heavy (non-hydrogen) atoms. The summed E-state index contributed by atoms with van der Waals surface area (Å²) in [5.41, 5.74) is 0.642. The van der Waals surface area contributed by atoms with Crippen LogP contribution in [-0.4, -0.2) is 23.1 Å². The molecule has 0 atom stereocenters. The number of rotatable bonds is 7. The first kappa shape index (κ1) is 21.4. The van der Waals surface area contributed by atoms with E-state index in [0.717, 1.165) is 46.8 Å². The van der Waals surface area contributed by atoms with Gasteiger partial charge >= 0.3 is 0 Å². The molecule has 0 unspecified atom stereocenters. The molecule has 164 valence electrons. The molecule has 1 aromatic carbocycles. The van der Waals surface area contributed by atoms with Crippen molar-refractivity contribution in [3.8, 4) is 0 Å². The van der Waals surface area contributed by atoms with Gasteiger partial charge in [0.05, 0.1) is 22.2 Å². The van der Waals surface area contributed by atoms with E-state index in [1.54, 1.807) is 0 Å². The highest BCUT2D eigenvalue weighted by Crippen LogP contribution is 2.55. The Bertz CT molecular complexity index is 954. The van der Waals surface area contributed by atoms with E-state index in [0.29, 0.717) is 22.2 Å². The Hall–Kier alpha value is -1.50.